The molecule has 0 bridgehead atoms. The summed E-state index contributed by atoms with van der Waals surface area (Å²) in [6.45, 7) is 5.99. The number of hydrogen-bond donors (Lipinski definition) is 1. The molecule has 7 heteroatoms. The lowest BCUT2D eigenvalue weighted by molar-refractivity contribution is -0.118. The Morgan fingerprint density at radius 1 is 1.00 bits per heavy atom. The number of carbonyl (C=O) groups is 2. The molecule has 2 aromatic rings. The predicted molar refractivity (Wildman–Crippen MR) is 113 cm³/mol. The molecule has 2 amide bonds. The van der Waals surface area contributed by atoms with Gasteiger partial charge in [0.1, 0.15) is 0 Å². The monoisotopic (exact) mass is 398 g/mol. The third-order valence-corrected chi connectivity index (χ3v) is 6.09. The first-order chi connectivity index (χ1) is 13.7. The van der Waals surface area contributed by atoms with Gasteiger partial charge in [-0.3, -0.25) is 19.4 Å². The molecule has 1 aromatic carbocycles. The number of carbonyl (C=O) groups excluding carboxylic acids is 2. The van der Waals surface area contributed by atoms with E-state index in [9.17, 15) is 9.59 Å². The number of rotatable bonds is 6. The summed E-state index contributed by atoms with van der Waals surface area (Å²) in [6, 6.07) is 9.73. The molecular formula is C21H26N4O2S. The quantitative estimate of drug-likeness (QED) is 0.813. The Hall–Kier alpha value is -2.22. The molecule has 1 aromatic heterocycles. The van der Waals surface area contributed by atoms with Crippen LogP contribution >= 0.6 is 11.3 Å². The van der Waals surface area contributed by atoms with Gasteiger partial charge in [0, 0.05) is 57.1 Å². The molecule has 0 radical (unpaired) electrons. The minimum Gasteiger partial charge on any atom is -0.325 e. The number of anilines is 2. The summed E-state index contributed by atoms with van der Waals surface area (Å²) >= 11 is 1.74. The molecule has 148 valence electrons. The van der Waals surface area contributed by atoms with E-state index in [1.165, 1.54) is 5.56 Å². The maximum atomic E-state index is 12.4. The second-order valence-electron chi connectivity index (χ2n) is 7.43. The standard InChI is InChI=1S/C21H26N4O2S/c26-20(15-24-11-9-23(10-12-24)14-17-7-13-28-16-17)22-18-3-5-19(6-4-18)25-8-1-2-21(25)27/h3-7,13,16H,1-2,8-12,14-15H2,(H,22,26). The SMILES string of the molecule is O=C(CN1CCN(Cc2ccsc2)CC1)Nc1ccc(N2CCCC2=O)cc1. The van der Waals surface area contributed by atoms with Gasteiger partial charge in [0.25, 0.3) is 0 Å². The number of amides is 2. The van der Waals surface area contributed by atoms with Gasteiger partial charge in [0.15, 0.2) is 0 Å². The van der Waals surface area contributed by atoms with E-state index in [-0.39, 0.29) is 11.8 Å². The summed E-state index contributed by atoms with van der Waals surface area (Å²) in [5, 5.41) is 7.29. The highest BCUT2D eigenvalue weighted by molar-refractivity contribution is 7.07. The zero-order valence-corrected chi connectivity index (χ0v) is 16.8. The normalized spacial score (nSPS) is 18.6. The Bertz CT molecular complexity index is 798. The summed E-state index contributed by atoms with van der Waals surface area (Å²) < 4.78 is 0. The van der Waals surface area contributed by atoms with Crippen LogP contribution in [0.2, 0.25) is 0 Å². The van der Waals surface area contributed by atoms with E-state index in [4.69, 9.17) is 0 Å². The molecule has 0 atom stereocenters. The van der Waals surface area contributed by atoms with Gasteiger partial charge in [-0.15, -0.1) is 0 Å². The molecule has 2 fully saturated rings. The van der Waals surface area contributed by atoms with Crippen molar-refractivity contribution in [1.82, 2.24) is 9.80 Å². The van der Waals surface area contributed by atoms with Gasteiger partial charge in [-0.05, 0) is 53.1 Å². The van der Waals surface area contributed by atoms with Crippen LogP contribution in [0, 0.1) is 0 Å². The second-order valence-corrected chi connectivity index (χ2v) is 8.21. The van der Waals surface area contributed by atoms with Crippen LogP contribution in [0.5, 0.6) is 0 Å². The molecule has 3 heterocycles. The van der Waals surface area contributed by atoms with E-state index >= 15 is 0 Å². The molecule has 2 aliphatic heterocycles. The molecule has 2 aliphatic rings. The topological polar surface area (TPSA) is 55.9 Å². The Labute approximate surface area is 169 Å². The number of benzene rings is 1. The van der Waals surface area contributed by atoms with Crippen LogP contribution < -0.4 is 10.2 Å². The summed E-state index contributed by atoms with van der Waals surface area (Å²) in [5.41, 5.74) is 3.05. The van der Waals surface area contributed by atoms with Crippen molar-refractivity contribution in [2.45, 2.75) is 19.4 Å². The Balaban J connectivity index is 1.22. The fourth-order valence-corrected chi connectivity index (χ4v) is 4.46. The van der Waals surface area contributed by atoms with Crippen molar-refractivity contribution in [2.24, 2.45) is 0 Å². The van der Waals surface area contributed by atoms with Crippen LogP contribution in [0.25, 0.3) is 0 Å². The average Bonchev–Trinajstić information content (AvgIpc) is 3.36. The van der Waals surface area contributed by atoms with Gasteiger partial charge in [0.2, 0.25) is 11.8 Å². The molecule has 1 N–H and O–H groups in total. The number of hydrogen-bond acceptors (Lipinski definition) is 5. The maximum Gasteiger partial charge on any atom is 0.238 e. The van der Waals surface area contributed by atoms with Gasteiger partial charge in [-0.2, -0.15) is 11.3 Å². The lowest BCUT2D eigenvalue weighted by Gasteiger charge is -2.34. The molecule has 6 nitrogen and oxygen atoms in total. The van der Waals surface area contributed by atoms with Crippen molar-refractivity contribution in [3.8, 4) is 0 Å². The minimum absolute atomic E-state index is 0.0104. The van der Waals surface area contributed by atoms with Gasteiger partial charge in [-0.25, -0.2) is 0 Å². The van der Waals surface area contributed by atoms with Crippen molar-refractivity contribution in [3.05, 3.63) is 46.7 Å². The van der Waals surface area contributed by atoms with Crippen LogP contribution in [0.3, 0.4) is 0 Å². The lowest BCUT2D eigenvalue weighted by Crippen LogP contribution is -2.48. The smallest absolute Gasteiger partial charge is 0.238 e. The molecular weight excluding hydrogens is 372 g/mol. The minimum atomic E-state index is 0.0104. The maximum absolute atomic E-state index is 12.4. The number of thiophene rings is 1. The van der Waals surface area contributed by atoms with E-state index in [2.05, 4.69) is 31.9 Å². The highest BCUT2D eigenvalue weighted by atomic mass is 32.1. The van der Waals surface area contributed by atoms with E-state index in [1.807, 2.05) is 24.3 Å². The van der Waals surface area contributed by atoms with E-state index in [0.717, 1.165) is 57.1 Å². The predicted octanol–water partition coefficient (Wildman–Crippen LogP) is 2.63. The number of piperazine rings is 1. The number of nitrogens with one attached hydrogen (secondary N) is 1. The molecule has 4 rings (SSSR count). The van der Waals surface area contributed by atoms with Crippen LogP contribution in [-0.2, 0) is 16.1 Å². The van der Waals surface area contributed by atoms with Crippen molar-refractivity contribution in [3.63, 3.8) is 0 Å². The summed E-state index contributed by atoms with van der Waals surface area (Å²) in [5.74, 6) is 0.186. The average molecular weight is 399 g/mol. The highest BCUT2D eigenvalue weighted by Crippen LogP contribution is 2.23. The summed E-state index contributed by atoms with van der Waals surface area (Å²) in [6.07, 6.45) is 1.54. The van der Waals surface area contributed by atoms with Crippen molar-refractivity contribution in [1.29, 1.82) is 0 Å². The molecule has 0 aliphatic carbocycles. The Morgan fingerprint density at radius 3 is 2.39 bits per heavy atom. The van der Waals surface area contributed by atoms with E-state index < -0.39 is 0 Å². The Kier molecular flexibility index (Phi) is 6.04. The lowest BCUT2D eigenvalue weighted by atomic mass is 10.2. The molecule has 2 saturated heterocycles. The van der Waals surface area contributed by atoms with Gasteiger partial charge in [0.05, 0.1) is 6.54 Å². The molecule has 0 unspecified atom stereocenters. The molecule has 0 spiro atoms. The third-order valence-electron chi connectivity index (χ3n) is 5.35. The van der Waals surface area contributed by atoms with Crippen molar-refractivity contribution >= 4 is 34.5 Å². The molecule has 28 heavy (non-hydrogen) atoms. The fraction of sp³-hybridized carbons (Fsp3) is 0.429. The fourth-order valence-electron chi connectivity index (χ4n) is 3.80. The summed E-state index contributed by atoms with van der Waals surface area (Å²) in [7, 11) is 0. The largest absolute Gasteiger partial charge is 0.325 e. The first-order valence-corrected chi connectivity index (χ1v) is 10.8. The van der Waals surface area contributed by atoms with Gasteiger partial charge < -0.3 is 10.2 Å². The van der Waals surface area contributed by atoms with Crippen molar-refractivity contribution < 1.29 is 9.59 Å². The number of nitrogens with zero attached hydrogens (tertiary/aromatic N) is 3. The zero-order chi connectivity index (χ0) is 19.3. The van der Waals surface area contributed by atoms with Crippen LogP contribution in [0.1, 0.15) is 18.4 Å². The summed E-state index contributed by atoms with van der Waals surface area (Å²) in [4.78, 5) is 30.7. The van der Waals surface area contributed by atoms with Crippen LogP contribution in [-0.4, -0.2) is 60.9 Å². The van der Waals surface area contributed by atoms with Gasteiger partial charge in [-0.1, -0.05) is 0 Å². The Morgan fingerprint density at radius 2 is 1.75 bits per heavy atom. The first kappa shape index (κ1) is 19.1. The second kappa shape index (κ2) is 8.86. The highest BCUT2D eigenvalue weighted by Gasteiger charge is 2.22. The van der Waals surface area contributed by atoms with Gasteiger partial charge >= 0.3 is 0 Å². The zero-order valence-electron chi connectivity index (χ0n) is 16.0. The molecule has 0 saturated carbocycles. The van der Waals surface area contributed by atoms with E-state index in [0.29, 0.717) is 13.0 Å². The van der Waals surface area contributed by atoms with E-state index in [1.54, 1.807) is 16.2 Å². The van der Waals surface area contributed by atoms with Crippen LogP contribution in [0.15, 0.2) is 41.1 Å². The third kappa shape index (κ3) is 4.79. The van der Waals surface area contributed by atoms with Crippen LogP contribution in [0.4, 0.5) is 11.4 Å². The van der Waals surface area contributed by atoms with Crippen molar-refractivity contribution in [2.75, 3.05) is 49.5 Å². The first-order valence-electron chi connectivity index (χ1n) is 9.83.